The molecule has 2 aromatic rings. The van der Waals surface area contributed by atoms with Crippen LogP contribution in [0.5, 0.6) is 11.5 Å². The number of rotatable bonds is 4. The Hall–Kier alpha value is -2.93. The number of hydrogen-bond donors (Lipinski definition) is 2. The van der Waals surface area contributed by atoms with Gasteiger partial charge in [0.2, 0.25) is 11.9 Å². The van der Waals surface area contributed by atoms with Crippen LogP contribution in [0.15, 0.2) is 58.5 Å². The van der Waals surface area contributed by atoms with Crippen LogP contribution in [0.4, 0.5) is 5.69 Å². The first-order valence-electron chi connectivity index (χ1n) is 7.37. The number of benzene rings is 2. The Morgan fingerprint density at radius 1 is 0.960 bits per heavy atom. The Balaban J connectivity index is 0.00000225. The molecule has 0 bridgehead atoms. The SMILES string of the molecule is COc1ccc(C2N=C(N)N=C(N)N2c2ccccc2)cc1OC.Cl. The van der Waals surface area contributed by atoms with Gasteiger partial charge in [0.1, 0.15) is 0 Å². The molecule has 25 heavy (non-hydrogen) atoms. The molecule has 1 aliphatic rings. The van der Waals surface area contributed by atoms with Crippen LogP contribution < -0.4 is 25.8 Å². The van der Waals surface area contributed by atoms with Gasteiger partial charge in [-0.1, -0.05) is 24.3 Å². The monoisotopic (exact) mass is 361 g/mol. The number of para-hydroxylation sites is 1. The number of aliphatic imine (C=N–C) groups is 2. The first-order valence-corrected chi connectivity index (χ1v) is 7.37. The minimum Gasteiger partial charge on any atom is -0.493 e. The van der Waals surface area contributed by atoms with E-state index >= 15 is 0 Å². The molecule has 0 spiro atoms. The summed E-state index contributed by atoms with van der Waals surface area (Å²) in [6.07, 6.45) is -0.440. The summed E-state index contributed by atoms with van der Waals surface area (Å²) in [7, 11) is 3.18. The van der Waals surface area contributed by atoms with Crippen LogP contribution in [0.1, 0.15) is 11.7 Å². The van der Waals surface area contributed by atoms with E-state index in [1.165, 1.54) is 0 Å². The highest BCUT2D eigenvalue weighted by molar-refractivity contribution is 6.04. The zero-order valence-electron chi connectivity index (χ0n) is 13.9. The largest absolute Gasteiger partial charge is 0.493 e. The Kier molecular flexibility index (Phi) is 5.71. The van der Waals surface area contributed by atoms with Crippen LogP contribution in [0.2, 0.25) is 0 Å². The third kappa shape index (κ3) is 3.61. The molecule has 1 atom stereocenters. The van der Waals surface area contributed by atoms with E-state index in [1.54, 1.807) is 14.2 Å². The molecule has 0 aliphatic carbocycles. The van der Waals surface area contributed by atoms with Gasteiger partial charge in [-0.25, -0.2) is 4.99 Å². The number of anilines is 1. The molecule has 3 rings (SSSR count). The molecular weight excluding hydrogens is 342 g/mol. The Labute approximate surface area is 152 Å². The number of ether oxygens (including phenoxy) is 2. The van der Waals surface area contributed by atoms with E-state index < -0.39 is 6.17 Å². The van der Waals surface area contributed by atoms with E-state index in [0.717, 1.165) is 11.3 Å². The maximum absolute atomic E-state index is 6.11. The molecule has 1 heterocycles. The van der Waals surface area contributed by atoms with Crippen molar-refractivity contribution < 1.29 is 9.47 Å². The highest BCUT2D eigenvalue weighted by atomic mass is 35.5. The molecule has 2 aromatic carbocycles. The normalized spacial score (nSPS) is 16.4. The fourth-order valence-corrected chi connectivity index (χ4v) is 2.61. The standard InChI is InChI=1S/C17H19N5O2.ClH/c1-23-13-9-8-11(10-14(13)24-2)15-20-16(18)21-17(19)22(15)12-6-4-3-5-7-12;/h3-10,15H,1-2H3,(H4,18,19,20,21);1H. The zero-order chi connectivity index (χ0) is 17.1. The quantitative estimate of drug-likeness (QED) is 0.870. The van der Waals surface area contributed by atoms with Crippen LogP contribution in [0, 0.1) is 0 Å². The lowest BCUT2D eigenvalue weighted by atomic mass is 10.1. The number of nitrogens with zero attached hydrogens (tertiary/aromatic N) is 3. The molecule has 1 aliphatic heterocycles. The smallest absolute Gasteiger partial charge is 0.221 e. The van der Waals surface area contributed by atoms with E-state index in [1.807, 2.05) is 53.4 Å². The fraction of sp³-hybridized carbons (Fsp3) is 0.176. The number of guanidine groups is 2. The van der Waals surface area contributed by atoms with E-state index in [9.17, 15) is 0 Å². The second-order valence-electron chi connectivity index (χ2n) is 5.15. The molecule has 0 saturated carbocycles. The second-order valence-corrected chi connectivity index (χ2v) is 5.15. The number of hydrogen-bond acceptors (Lipinski definition) is 7. The van der Waals surface area contributed by atoms with E-state index in [2.05, 4.69) is 9.98 Å². The molecule has 0 saturated heterocycles. The molecule has 8 heteroatoms. The first-order chi connectivity index (χ1) is 11.6. The summed E-state index contributed by atoms with van der Waals surface area (Å²) < 4.78 is 10.7. The molecule has 132 valence electrons. The van der Waals surface area contributed by atoms with Crippen molar-refractivity contribution in [3.05, 3.63) is 54.1 Å². The van der Waals surface area contributed by atoms with Crippen molar-refractivity contribution in [1.29, 1.82) is 0 Å². The van der Waals surface area contributed by atoms with Crippen molar-refractivity contribution in [1.82, 2.24) is 0 Å². The van der Waals surface area contributed by atoms with Crippen molar-refractivity contribution in [2.24, 2.45) is 21.5 Å². The molecule has 0 aromatic heterocycles. The van der Waals surface area contributed by atoms with Gasteiger partial charge in [0.15, 0.2) is 17.7 Å². The molecule has 0 amide bonds. The van der Waals surface area contributed by atoms with Gasteiger partial charge in [-0.05, 0) is 24.3 Å². The van der Waals surface area contributed by atoms with E-state index in [4.69, 9.17) is 20.9 Å². The summed E-state index contributed by atoms with van der Waals surface area (Å²) in [6, 6.07) is 15.2. The lowest BCUT2D eigenvalue weighted by Gasteiger charge is -2.33. The number of methoxy groups -OCH3 is 2. The molecule has 0 radical (unpaired) electrons. The Bertz CT molecular complexity index is 795. The predicted octanol–water partition coefficient (Wildman–Crippen LogP) is 2.27. The van der Waals surface area contributed by atoms with Crippen LogP contribution >= 0.6 is 12.4 Å². The maximum Gasteiger partial charge on any atom is 0.221 e. The molecule has 0 fully saturated rings. The van der Waals surface area contributed by atoms with Crippen LogP contribution in [-0.2, 0) is 0 Å². The van der Waals surface area contributed by atoms with Gasteiger partial charge in [-0.2, -0.15) is 4.99 Å². The minimum absolute atomic E-state index is 0. The fourth-order valence-electron chi connectivity index (χ4n) is 2.61. The van der Waals surface area contributed by atoms with Gasteiger partial charge in [0, 0.05) is 11.3 Å². The number of halogens is 1. The summed E-state index contributed by atoms with van der Waals surface area (Å²) in [5.74, 6) is 1.67. The van der Waals surface area contributed by atoms with Gasteiger partial charge in [0.05, 0.1) is 14.2 Å². The summed E-state index contributed by atoms with van der Waals surface area (Å²) in [4.78, 5) is 10.3. The molecule has 4 N–H and O–H groups in total. The van der Waals surface area contributed by atoms with Gasteiger partial charge < -0.3 is 20.9 Å². The lowest BCUT2D eigenvalue weighted by Crippen LogP contribution is -2.44. The first kappa shape index (κ1) is 18.4. The lowest BCUT2D eigenvalue weighted by molar-refractivity contribution is 0.354. The van der Waals surface area contributed by atoms with Crippen molar-refractivity contribution in [3.8, 4) is 11.5 Å². The molecule has 1 unspecified atom stereocenters. The van der Waals surface area contributed by atoms with Gasteiger partial charge in [-0.15, -0.1) is 12.4 Å². The Morgan fingerprint density at radius 2 is 1.64 bits per heavy atom. The average molecular weight is 362 g/mol. The second kappa shape index (κ2) is 7.76. The van der Waals surface area contributed by atoms with Crippen LogP contribution in [0.3, 0.4) is 0 Å². The van der Waals surface area contributed by atoms with E-state index in [0.29, 0.717) is 11.5 Å². The topological polar surface area (TPSA) is 98.5 Å². The third-order valence-electron chi connectivity index (χ3n) is 3.72. The highest BCUT2D eigenvalue weighted by Gasteiger charge is 2.28. The maximum atomic E-state index is 6.11. The van der Waals surface area contributed by atoms with E-state index in [-0.39, 0.29) is 24.3 Å². The van der Waals surface area contributed by atoms with Crippen molar-refractivity contribution in [2.75, 3.05) is 19.1 Å². The third-order valence-corrected chi connectivity index (χ3v) is 3.72. The summed E-state index contributed by atoms with van der Waals surface area (Å²) in [5, 5.41) is 0. The van der Waals surface area contributed by atoms with Crippen molar-refractivity contribution in [3.63, 3.8) is 0 Å². The molecule has 7 nitrogen and oxygen atoms in total. The minimum atomic E-state index is -0.440. The van der Waals surface area contributed by atoms with Gasteiger partial charge >= 0.3 is 0 Å². The van der Waals surface area contributed by atoms with Gasteiger partial charge in [0.25, 0.3) is 0 Å². The van der Waals surface area contributed by atoms with Gasteiger partial charge in [-0.3, -0.25) is 4.90 Å². The predicted molar refractivity (Wildman–Crippen MR) is 102 cm³/mol. The van der Waals surface area contributed by atoms with Crippen LogP contribution in [-0.4, -0.2) is 26.1 Å². The summed E-state index contributed by atoms with van der Waals surface area (Å²) in [6.45, 7) is 0. The Morgan fingerprint density at radius 3 is 2.28 bits per heavy atom. The summed E-state index contributed by atoms with van der Waals surface area (Å²) in [5.41, 5.74) is 13.7. The number of nitrogens with two attached hydrogens (primary N) is 2. The summed E-state index contributed by atoms with van der Waals surface area (Å²) >= 11 is 0. The highest BCUT2D eigenvalue weighted by Crippen LogP contribution is 2.35. The zero-order valence-corrected chi connectivity index (χ0v) is 14.7. The van der Waals surface area contributed by atoms with Crippen molar-refractivity contribution >= 4 is 30.0 Å². The van der Waals surface area contributed by atoms with Crippen molar-refractivity contribution in [2.45, 2.75) is 6.17 Å². The average Bonchev–Trinajstić information content (AvgIpc) is 2.61. The van der Waals surface area contributed by atoms with Crippen LogP contribution in [0.25, 0.3) is 0 Å². The molecular formula is C17H20ClN5O2.